The predicted molar refractivity (Wildman–Crippen MR) is 36.8 cm³/mol. The lowest BCUT2D eigenvalue weighted by Gasteiger charge is -1.98. The highest BCUT2D eigenvalue weighted by Gasteiger charge is 2.26. The van der Waals surface area contributed by atoms with Crippen LogP contribution in [0.1, 0.15) is 12.1 Å². The molecule has 5 nitrogen and oxygen atoms in total. The molecule has 8 heteroatoms. The Morgan fingerprint density at radius 1 is 1.64 bits per heavy atom. The molecular formula is C6H5F3N2O3. The number of aryl methyl sites for hydroxylation is 1. The predicted octanol–water partition coefficient (Wildman–Crippen LogP) is 1.55. The van der Waals surface area contributed by atoms with E-state index in [1.54, 1.807) is 0 Å². The van der Waals surface area contributed by atoms with Crippen LogP contribution in [-0.4, -0.2) is 21.0 Å². The molecule has 0 radical (unpaired) electrons. The molecule has 0 fully saturated rings. The van der Waals surface area contributed by atoms with Crippen molar-refractivity contribution in [3.8, 4) is 5.75 Å². The van der Waals surface area contributed by atoms with Crippen molar-refractivity contribution < 1.29 is 27.8 Å². The summed E-state index contributed by atoms with van der Waals surface area (Å²) in [5.41, 5.74) is -1.03. The molecule has 0 aliphatic heterocycles. The summed E-state index contributed by atoms with van der Waals surface area (Å²) in [7, 11) is 1.05. The fourth-order valence-corrected chi connectivity index (χ4v) is 0.828. The molecule has 1 aromatic rings. The van der Waals surface area contributed by atoms with Crippen LogP contribution in [0.2, 0.25) is 0 Å². The van der Waals surface area contributed by atoms with Gasteiger partial charge in [0, 0.05) is 7.05 Å². The lowest BCUT2D eigenvalue weighted by Crippen LogP contribution is -2.06. The molecule has 14 heavy (non-hydrogen) atoms. The fraction of sp³-hybridized carbons (Fsp3) is 0.333. The largest absolute Gasteiger partial charge is 0.511 e. The molecule has 1 aromatic heterocycles. The van der Waals surface area contributed by atoms with Crippen molar-refractivity contribution in [3.05, 3.63) is 11.6 Å². The molecule has 0 saturated heterocycles. The highest BCUT2D eigenvalue weighted by Crippen LogP contribution is 2.30. The molecule has 0 aliphatic carbocycles. The quantitative estimate of drug-likeness (QED) is 0.752. The second-order valence-corrected chi connectivity index (χ2v) is 2.30. The number of ether oxygens (including phenoxy) is 1. The maximum absolute atomic E-state index is 12.9. The van der Waals surface area contributed by atoms with Crippen molar-refractivity contribution in [1.82, 2.24) is 9.78 Å². The third kappa shape index (κ3) is 1.78. The zero-order valence-electron chi connectivity index (χ0n) is 6.87. The zero-order chi connectivity index (χ0) is 10.9. The Balaban J connectivity index is 3.16. The van der Waals surface area contributed by atoms with E-state index in [0.717, 1.165) is 7.05 Å². The van der Waals surface area contributed by atoms with E-state index in [1.807, 2.05) is 0 Å². The third-order valence-electron chi connectivity index (χ3n) is 1.36. The summed E-state index contributed by atoms with van der Waals surface area (Å²) in [5.74, 6) is -2.32. The van der Waals surface area contributed by atoms with E-state index in [1.165, 1.54) is 0 Å². The SMILES string of the molecule is Cn1nc(C(F)F)c(OC(=O)O)c1F. The summed E-state index contributed by atoms with van der Waals surface area (Å²) in [4.78, 5) is 10.0. The Kier molecular flexibility index (Phi) is 2.63. The molecule has 0 unspecified atom stereocenters. The standard InChI is InChI=1S/C6H5F3N2O3/c1-11-5(9)3(14-6(12)13)2(10-11)4(7)8/h4H,1H3,(H,12,13). The first-order chi connectivity index (χ1) is 6.43. The van der Waals surface area contributed by atoms with Gasteiger partial charge in [-0.25, -0.2) is 18.3 Å². The highest BCUT2D eigenvalue weighted by atomic mass is 19.3. The van der Waals surface area contributed by atoms with Crippen LogP contribution >= 0.6 is 0 Å². The van der Waals surface area contributed by atoms with Crippen molar-refractivity contribution in [2.45, 2.75) is 6.43 Å². The van der Waals surface area contributed by atoms with E-state index in [4.69, 9.17) is 5.11 Å². The number of hydrogen-bond acceptors (Lipinski definition) is 3. The normalized spacial score (nSPS) is 10.6. The summed E-state index contributed by atoms with van der Waals surface area (Å²) in [5, 5.41) is 11.2. The molecule has 0 amide bonds. The lowest BCUT2D eigenvalue weighted by molar-refractivity contribution is 0.128. The van der Waals surface area contributed by atoms with Gasteiger partial charge < -0.3 is 9.84 Å². The molecule has 1 heterocycles. The molecule has 0 spiro atoms. The minimum Gasteiger partial charge on any atom is -0.449 e. The van der Waals surface area contributed by atoms with Gasteiger partial charge in [0.05, 0.1) is 0 Å². The monoisotopic (exact) mass is 210 g/mol. The van der Waals surface area contributed by atoms with Crippen LogP contribution in [0.25, 0.3) is 0 Å². The van der Waals surface area contributed by atoms with Gasteiger partial charge in [-0.3, -0.25) is 0 Å². The Morgan fingerprint density at radius 3 is 2.64 bits per heavy atom. The van der Waals surface area contributed by atoms with E-state index < -0.39 is 30.0 Å². The fourth-order valence-electron chi connectivity index (χ4n) is 0.828. The van der Waals surface area contributed by atoms with Gasteiger partial charge in [0.25, 0.3) is 12.4 Å². The third-order valence-corrected chi connectivity index (χ3v) is 1.36. The lowest BCUT2D eigenvalue weighted by atomic mass is 10.4. The second-order valence-electron chi connectivity index (χ2n) is 2.30. The maximum atomic E-state index is 12.9. The van der Waals surface area contributed by atoms with Crippen molar-refractivity contribution in [2.24, 2.45) is 7.05 Å². The van der Waals surface area contributed by atoms with Gasteiger partial charge in [0.2, 0.25) is 5.75 Å². The van der Waals surface area contributed by atoms with E-state index >= 15 is 0 Å². The van der Waals surface area contributed by atoms with Crippen LogP contribution < -0.4 is 4.74 Å². The first-order valence-corrected chi connectivity index (χ1v) is 3.34. The Labute approximate surface area is 75.7 Å². The summed E-state index contributed by atoms with van der Waals surface area (Å²) < 4.78 is 41.5. The van der Waals surface area contributed by atoms with E-state index in [2.05, 4.69) is 9.84 Å². The van der Waals surface area contributed by atoms with Crippen LogP contribution in [0, 0.1) is 5.95 Å². The maximum Gasteiger partial charge on any atom is 0.511 e. The van der Waals surface area contributed by atoms with Gasteiger partial charge >= 0.3 is 6.16 Å². The van der Waals surface area contributed by atoms with Gasteiger partial charge in [0.1, 0.15) is 0 Å². The summed E-state index contributed by atoms with van der Waals surface area (Å²) >= 11 is 0. The van der Waals surface area contributed by atoms with Gasteiger partial charge in [-0.1, -0.05) is 0 Å². The Morgan fingerprint density at radius 2 is 2.21 bits per heavy atom. The minimum absolute atomic E-state index is 0.472. The summed E-state index contributed by atoms with van der Waals surface area (Å²) in [6.07, 6.45) is -4.97. The summed E-state index contributed by atoms with van der Waals surface area (Å²) in [6.45, 7) is 0. The van der Waals surface area contributed by atoms with Gasteiger partial charge in [-0.2, -0.15) is 9.49 Å². The molecule has 0 atom stereocenters. The molecule has 0 aliphatic rings. The van der Waals surface area contributed by atoms with Crippen LogP contribution in [-0.2, 0) is 7.05 Å². The zero-order valence-corrected chi connectivity index (χ0v) is 6.87. The number of hydrogen-bond donors (Lipinski definition) is 1. The van der Waals surface area contributed by atoms with Crippen molar-refractivity contribution in [1.29, 1.82) is 0 Å². The van der Waals surface area contributed by atoms with Crippen molar-refractivity contribution >= 4 is 6.16 Å². The topological polar surface area (TPSA) is 64.4 Å². The number of carboxylic acid groups (broad SMARTS) is 1. The number of nitrogens with zero attached hydrogens (tertiary/aromatic N) is 2. The molecule has 0 saturated carbocycles. The first-order valence-electron chi connectivity index (χ1n) is 3.34. The Bertz CT molecular complexity index is 363. The van der Waals surface area contributed by atoms with Crippen LogP contribution in [0.4, 0.5) is 18.0 Å². The van der Waals surface area contributed by atoms with E-state index in [0.29, 0.717) is 4.68 Å². The summed E-state index contributed by atoms with van der Waals surface area (Å²) in [6, 6.07) is 0. The van der Waals surface area contributed by atoms with E-state index in [9.17, 15) is 18.0 Å². The minimum atomic E-state index is -3.10. The van der Waals surface area contributed by atoms with Gasteiger partial charge in [-0.05, 0) is 0 Å². The number of halogens is 3. The second kappa shape index (κ2) is 3.56. The van der Waals surface area contributed by atoms with Gasteiger partial charge in [-0.15, -0.1) is 0 Å². The van der Waals surface area contributed by atoms with Crippen LogP contribution in [0.5, 0.6) is 5.75 Å². The number of carbonyl (C=O) groups is 1. The molecule has 0 bridgehead atoms. The van der Waals surface area contributed by atoms with E-state index in [-0.39, 0.29) is 0 Å². The average molecular weight is 210 g/mol. The molecule has 1 N–H and O–H groups in total. The van der Waals surface area contributed by atoms with Crippen molar-refractivity contribution in [3.63, 3.8) is 0 Å². The average Bonchev–Trinajstić information content (AvgIpc) is 2.32. The molecule has 0 aromatic carbocycles. The molecular weight excluding hydrogens is 205 g/mol. The molecule has 78 valence electrons. The van der Waals surface area contributed by atoms with Crippen molar-refractivity contribution in [2.75, 3.05) is 0 Å². The number of alkyl halides is 2. The highest BCUT2D eigenvalue weighted by molar-refractivity contribution is 5.61. The van der Waals surface area contributed by atoms with Crippen LogP contribution in [0.3, 0.4) is 0 Å². The van der Waals surface area contributed by atoms with Gasteiger partial charge in [0.15, 0.2) is 5.69 Å². The first kappa shape index (κ1) is 10.4. The Hall–Kier alpha value is -1.73. The number of rotatable bonds is 2. The number of aromatic nitrogens is 2. The smallest absolute Gasteiger partial charge is 0.449 e. The van der Waals surface area contributed by atoms with Crippen LogP contribution in [0.15, 0.2) is 0 Å². The molecule has 1 rings (SSSR count).